The molecule has 0 heterocycles. The van der Waals surface area contributed by atoms with Gasteiger partial charge in [0.05, 0.1) is 17.1 Å². The minimum Gasteiger partial charge on any atom is -0.334 e. The molecule has 0 bridgehead atoms. The molecule has 0 amide bonds. The second-order valence-corrected chi connectivity index (χ2v) is 15.7. The van der Waals surface area contributed by atoms with Crippen molar-refractivity contribution >= 4 is 22.7 Å². The Labute approximate surface area is 312 Å². The van der Waals surface area contributed by atoms with Crippen LogP contribution in [0.2, 0.25) is 0 Å². The van der Waals surface area contributed by atoms with Gasteiger partial charge in [0.2, 0.25) is 0 Å². The summed E-state index contributed by atoms with van der Waals surface area (Å²) in [7, 11) is 0. The quantitative estimate of drug-likeness (QED) is 0.155. The highest BCUT2D eigenvalue weighted by Gasteiger charge is 2.39. The van der Waals surface area contributed by atoms with Gasteiger partial charge in [0.15, 0.2) is 0 Å². The Balaban J connectivity index is 1.27. The fourth-order valence-electron chi connectivity index (χ4n) is 7.97. The van der Waals surface area contributed by atoms with Crippen LogP contribution in [0.15, 0.2) is 133 Å². The highest BCUT2D eigenvalue weighted by molar-refractivity contribution is 5.82. The maximum Gasteiger partial charge on any atom is 0.416 e. The zero-order valence-corrected chi connectivity index (χ0v) is 31.8. The number of nitrogens with zero attached hydrogens (tertiary/aromatic N) is 2. The Morgan fingerprint density at radius 3 is 1.38 bits per heavy atom. The molecular weight excluding hydrogens is 662 g/mol. The van der Waals surface area contributed by atoms with E-state index in [1.165, 1.54) is 51.1 Å². The maximum atomic E-state index is 13.5. The van der Waals surface area contributed by atoms with E-state index in [1.807, 2.05) is 31.2 Å². The average Bonchev–Trinajstić information content (AvgIpc) is 3.35. The molecule has 1 unspecified atom stereocenters. The summed E-state index contributed by atoms with van der Waals surface area (Å²) in [5, 5.41) is 0. The van der Waals surface area contributed by atoms with Gasteiger partial charge in [-0.3, -0.25) is 0 Å². The molecule has 0 radical (unpaired) electrons. The van der Waals surface area contributed by atoms with Crippen molar-refractivity contribution in [3.8, 4) is 11.1 Å². The molecule has 53 heavy (non-hydrogen) atoms. The number of fused-ring (bicyclic) bond motifs is 3. The lowest BCUT2D eigenvalue weighted by Gasteiger charge is -2.41. The monoisotopic (exact) mass is 708 g/mol. The number of anilines is 4. The number of rotatable bonds is 8. The largest absolute Gasteiger partial charge is 0.416 e. The summed E-state index contributed by atoms with van der Waals surface area (Å²) < 4.78 is 40.6. The van der Waals surface area contributed by atoms with Crippen LogP contribution in [0.5, 0.6) is 0 Å². The van der Waals surface area contributed by atoms with E-state index in [0.29, 0.717) is 5.69 Å². The molecule has 1 aliphatic carbocycles. The second-order valence-electron chi connectivity index (χ2n) is 15.7. The third-order valence-corrected chi connectivity index (χ3v) is 11.2. The predicted molar refractivity (Wildman–Crippen MR) is 215 cm³/mol. The average molecular weight is 709 g/mol. The van der Waals surface area contributed by atoms with Crippen molar-refractivity contribution in [1.82, 2.24) is 0 Å². The number of aryl methyl sites for hydroxylation is 3. The fourth-order valence-corrected chi connectivity index (χ4v) is 7.97. The standard InChI is InChI=1S/C48H47F3N2/c1-31-9-19-38(20-10-31)52(39-25-16-36(17-26-39)48(49,50)51)34(4)35-15-27-42-43-28-18-37(30-45(43)46(5,6)44(42)29-35)47(7,8)53(40-21-11-32(2)12-22-40)41-23-13-33(3)14-24-41/h9-30,34H,1-8H3. The SMILES string of the molecule is Cc1ccc(N(c2ccc(C(F)(F)F)cc2)C(C)c2ccc3c(c2)C(C)(C)c2cc(C(C)(C)N(c4ccc(C)cc4)c4ccc(C)cc4)ccc2-3)cc1. The van der Waals surface area contributed by atoms with E-state index in [1.54, 1.807) is 12.1 Å². The summed E-state index contributed by atoms with van der Waals surface area (Å²) >= 11 is 0. The van der Waals surface area contributed by atoms with Crippen LogP contribution in [0.25, 0.3) is 11.1 Å². The Morgan fingerprint density at radius 2 is 0.906 bits per heavy atom. The molecule has 1 atom stereocenters. The normalized spacial score (nSPS) is 14.0. The molecular formula is C48H47F3N2. The van der Waals surface area contributed by atoms with Gasteiger partial charge in [-0.15, -0.1) is 0 Å². The summed E-state index contributed by atoms with van der Waals surface area (Å²) in [4.78, 5) is 4.56. The first-order valence-corrected chi connectivity index (χ1v) is 18.3. The summed E-state index contributed by atoms with van der Waals surface area (Å²) in [6.45, 7) is 17.6. The van der Waals surface area contributed by atoms with Gasteiger partial charge in [0.1, 0.15) is 0 Å². The molecule has 7 rings (SSSR count). The van der Waals surface area contributed by atoms with Crippen LogP contribution >= 0.6 is 0 Å². The van der Waals surface area contributed by atoms with Crippen molar-refractivity contribution in [2.45, 2.75) is 78.6 Å². The van der Waals surface area contributed by atoms with Gasteiger partial charge in [0, 0.05) is 28.2 Å². The van der Waals surface area contributed by atoms with Crippen LogP contribution in [0.3, 0.4) is 0 Å². The highest BCUT2D eigenvalue weighted by Crippen LogP contribution is 2.52. The molecule has 0 saturated carbocycles. The molecule has 1 aliphatic rings. The third-order valence-electron chi connectivity index (χ3n) is 11.2. The number of alkyl halides is 3. The van der Waals surface area contributed by atoms with E-state index >= 15 is 0 Å². The first kappa shape index (κ1) is 36.1. The second kappa shape index (κ2) is 13.3. The molecule has 2 nitrogen and oxygen atoms in total. The minimum absolute atomic E-state index is 0.161. The topological polar surface area (TPSA) is 6.48 Å². The Hall–Kier alpha value is -5.29. The molecule has 0 spiro atoms. The smallest absolute Gasteiger partial charge is 0.334 e. The van der Waals surface area contributed by atoms with Crippen molar-refractivity contribution in [1.29, 1.82) is 0 Å². The number of halogens is 3. The molecule has 0 saturated heterocycles. The molecule has 0 aromatic heterocycles. The van der Waals surface area contributed by atoms with Crippen molar-refractivity contribution in [3.05, 3.63) is 178 Å². The summed E-state index contributed by atoms with van der Waals surface area (Å²) in [5.41, 5.74) is 13.4. The zero-order chi connectivity index (χ0) is 37.9. The van der Waals surface area contributed by atoms with Gasteiger partial charge in [-0.2, -0.15) is 13.2 Å². The van der Waals surface area contributed by atoms with Crippen molar-refractivity contribution in [2.24, 2.45) is 0 Å². The molecule has 5 heteroatoms. The van der Waals surface area contributed by atoms with Gasteiger partial charge in [0.25, 0.3) is 0 Å². The Bertz CT molecular complexity index is 2200. The maximum absolute atomic E-state index is 13.5. The van der Waals surface area contributed by atoms with E-state index in [0.717, 1.165) is 28.2 Å². The molecule has 270 valence electrons. The summed E-state index contributed by atoms with van der Waals surface area (Å²) in [5.74, 6) is 0. The van der Waals surface area contributed by atoms with Gasteiger partial charge >= 0.3 is 6.18 Å². The number of hydrogen-bond donors (Lipinski definition) is 0. The van der Waals surface area contributed by atoms with Gasteiger partial charge in [-0.25, -0.2) is 0 Å². The Kier molecular flexibility index (Phi) is 9.05. The van der Waals surface area contributed by atoms with Crippen LogP contribution in [0, 0.1) is 20.8 Å². The molecule has 0 N–H and O–H groups in total. The van der Waals surface area contributed by atoms with Crippen LogP contribution in [-0.4, -0.2) is 0 Å². The van der Waals surface area contributed by atoms with E-state index in [9.17, 15) is 13.2 Å². The van der Waals surface area contributed by atoms with E-state index in [4.69, 9.17) is 0 Å². The highest BCUT2D eigenvalue weighted by atomic mass is 19.4. The molecule has 0 aliphatic heterocycles. The lowest BCUT2D eigenvalue weighted by molar-refractivity contribution is -0.137. The molecule has 6 aromatic rings. The van der Waals surface area contributed by atoms with Crippen molar-refractivity contribution in [2.75, 3.05) is 9.80 Å². The lowest BCUT2D eigenvalue weighted by atomic mass is 9.79. The predicted octanol–water partition coefficient (Wildman–Crippen LogP) is 13.9. The number of benzene rings is 6. The fraction of sp³-hybridized carbons (Fsp3) is 0.250. The zero-order valence-electron chi connectivity index (χ0n) is 31.8. The third kappa shape index (κ3) is 6.63. The Morgan fingerprint density at radius 1 is 0.509 bits per heavy atom. The summed E-state index contributed by atoms with van der Waals surface area (Å²) in [6, 6.07) is 44.7. The molecule has 0 fully saturated rings. The van der Waals surface area contributed by atoms with Crippen LogP contribution < -0.4 is 9.80 Å². The van der Waals surface area contributed by atoms with E-state index in [2.05, 4.69) is 143 Å². The number of hydrogen-bond acceptors (Lipinski definition) is 2. The van der Waals surface area contributed by atoms with Gasteiger partial charge in [-0.05, 0) is 136 Å². The van der Waals surface area contributed by atoms with Crippen molar-refractivity contribution < 1.29 is 13.2 Å². The van der Waals surface area contributed by atoms with Gasteiger partial charge in [-0.1, -0.05) is 103 Å². The first-order chi connectivity index (χ1) is 25.1. The summed E-state index contributed by atoms with van der Waals surface area (Å²) in [6.07, 6.45) is -4.39. The lowest BCUT2D eigenvalue weighted by Crippen LogP contribution is -2.38. The van der Waals surface area contributed by atoms with Crippen LogP contribution in [-0.2, 0) is 17.1 Å². The van der Waals surface area contributed by atoms with Gasteiger partial charge < -0.3 is 9.80 Å². The van der Waals surface area contributed by atoms with E-state index < -0.39 is 11.7 Å². The minimum atomic E-state index is -4.39. The van der Waals surface area contributed by atoms with Crippen LogP contribution in [0.4, 0.5) is 35.9 Å². The van der Waals surface area contributed by atoms with Crippen molar-refractivity contribution in [3.63, 3.8) is 0 Å². The molecule has 6 aromatic carbocycles. The van der Waals surface area contributed by atoms with Crippen LogP contribution in [0.1, 0.15) is 85.2 Å². The first-order valence-electron chi connectivity index (χ1n) is 18.3. The van der Waals surface area contributed by atoms with E-state index in [-0.39, 0.29) is 17.0 Å².